The molecule has 30 heavy (non-hydrogen) atoms. The summed E-state index contributed by atoms with van der Waals surface area (Å²) in [5.74, 6) is -0.846. The van der Waals surface area contributed by atoms with Gasteiger partial charge in [-0.1, -0.05) is 30.3 Å². The molecule has 7 heteroatoms. The van der Waals surface area contributed by atoms with Gasteiger partial charge in [-0.05, 0) is 44.4 Å². The van der Waals surface area contributed by atoms with Crippen LogP contribution >= 0.6 is 11.3 Å². The second kappa shape index (κ2) is 8.67. The van der Waals surface area contributed by atoms with Gasteiger partial charge in [0.2, 0.25) is 6.10 Å². The van der Waals surface area contributed by atoms with Crippen LogP contribution in [0.3, 0.4) is 0 Å². The molecule has 0 bridgehead atoms. The third-order valence-corrected chi connectivity index (χ3v) is 5.73. The predicted octanol–water partition coefficient (Wildman–Crippen LogP) is 4.13. The fourth-order valence-corrected chi connectivity index (χ4v) is 4.05. The van der Waals surface area contributed by atoms with Crippen LogP contribution < -0.4 is 5.32 Å². The number of hydrogen-bond donors (Lipinski definition) is 1. The van der Waals surface area contributed by atoms with Crippen molar-refractivity contribution in [1.82, 2.24) is 14.9 Å². The SMILES string of the molecule is Cc1cc(/C=C/C(=O)OC(C(=O)NC2CC2)c2ccccc2)c(C)n1-c1nccs1. The van der Waals surface area contributed by atoms with E-state index in [9.17, 15) is 9.59 Å². The molecule has 1 fully saturated rings. The van der Waals surface area contributed by atoms with E-state index in [1.54, 1.807) is 35.7 Å². The Morgan fingerprint density at radius 2 is 2.03 bits per heavy atom. The van der Waals surface area contributed by atoms with Crippen molar-refractivity contribution in [3.05, 3.63) is 76.6 Å². The quantitative estimate of drug-likeness (QED) is 0.460. The Morgan fingerprint density at radius 3 is 2.70 bits per heavy atom. The van der Waals surface area contributed by atoms with Gasteiger partial charge in [-0.2, -0.15) is 0 Å². The third-order valence-electron chi connectivity index (χ3n) is 4.98. The number of aromatic nitrogens is 2. The van der Waals surface area contributed by atoms with Gasteiger partial charge in [0, 0.05) is 40.6 Å². The van der Waals surface area contributed by atoms with E-state index in [2.05, 4.69) is 10.3 Å². The van der Waals surface area contributed by atoms with Crippen LogP contribution in [0.15, 0.2) is 54.1 Å². The smallest absolute Gasteiger partial charge is 0.331 e. The zero-order chi connectivity index (χ0) is 21.1. The van der Waals surface area contributed by atoms with Crippen LogP contribution in [-0.2, 0) is 14.3 Å². The minimum absolute atomic E-state index is 0.189. The molecule has 2 aromatic heterocycles. The molecule has 1 saturated carbocycles. The van der Waals surface area contributed by atoms with Gasteiger partial charge in [-0.3, -0.25) is 9.36 Å². The first-order valence-corrected chi connectivity index (χ1v) is 10.7. The summed E-state index contributed by atoms with van der Waals surface area (Å²) in [6, 6.07) is 11.3. The summed E-state index contributed by atoms with van der Waals surface area (Å²) in [6.07, 6.45) is 5.82. The average molecular weight is 422 g/mol. The number of aryl methyl sites for hydroxylation is 1. The van der Waals surface area contributed by atoms with Crippen molar-refractivity contribution >= 4 is 29.3 Å². The van der Waals surface area contributed by atoms with Crippen LogP contribution in [0.2, 0.25) is 0 Å². The highest BCUT2D eigenvalue weighted by atomic mass is 32.1. The minimum atomic E-state index is -0.966. The highest BCUT2D eigenvalue weighted by Gasteiger charge is 2.30. The Hall–Kier alpha value is -3.19. The fourth-order valence-electron chi connectivity index (χ4n) is 3.30. The molecular weight excluding hydrogens is 398 g/mol. The molecular formula is C23H23N3O3S. The van der Waals surface area contributed by atoms with Crippen LogP contribution in [0.1, 0.15) is 41.5 Å². The lowest BCUT2D eigenvalue weighted by Crippen LogP contribution is -2.33. The van der Waals surface area contributed by atoms with Gasteiger partial charge in [0.05, 0.1) is 0 Å². The molecule has 2 heterocycles. The van der Waals surface area contributed by atoms with Gasteiger partial charge in [0.15, 0.2) is 5.13 Å². The number of thiazole rings is 1. The summed E-state index contributed by atoms with van der Waals surface area (Å²) in [7, 11) is 0. The molecule has 6 nitrogen and oxygen atoms in total. The number of ether oxygens (including phenoxy) is 1. The standard InChI is InChI=1S/C23H23N3O3S/c1-15-14-18(16(2)26(15)23-24-12-13-30-23)8-11-20(27)29-21(17-6-4-3-5-7-17)22(28)25-19-9-10-19/h3-8,11-14,19,21H,9-10H2,1-2H3,(H,25,28)/b11-8+. The molecule has 1 aromatic carbocycles. The van der Waals surface area contributed by atoms with Crippen LogP contribution in [0.4, 0.5) is 0 Å². The largest absolute Gasteiger partial charge is 0.444 e. The summed E-state index contributed by atoms with van der Waals surface area (Å²) in [4.78, 5) is 29.5. The van der Waals surface area contributed by atoms with Gasteiger partial charge in [-0.15, -0.1) is 11.3 Å². The highest BCUT2D eigenvalue weighted by Crippen LogP contribution is 2.25. The van der Waals surface area contributed by atoms with Crippen molar-refractivity contribution < 1.29 is 14.3 Å². The van der Waals surface area contributed by atoms with Crippen molar-refractivity contribution in [3.8, 4) is 5.13 Å². The summed E-state index contributed by atoms with van der Waals surface area (Å²) in [5, 5.41) is 5.73. The number of rotatable bonds is 7. The van der Waals surface area contributed by atoms with Gasteiger partial charge in [-0.25, -0.2) is 9.78 Å². The molecule has 0 saturated heterocycles. The highest BCUT2D eigenvalue weighted by molar-refractivity contribution is 7.12. The zero-order valence-corrected chi connectivity index (χ0v) is 17.7. The number of carbonyl (C=O) groups is 2. The summed E-state index contributed by atoms with van der Waals surface area (Å²) in [5.41, 5.74) is 3.57. The van der Waals surface area contributed by atoms with Gasteiger partial charge >= 0.3 is 5.97 Å². The molecule has 1 aliphatic rings. The van der Waals surface area contributed by atoms with Gasteiger partial charge < -0.3 is 10.1 Å². The molecule has 0 aliphatic heterocycles. The second-order valence-corrected chi connectivity index (χ2v) is 8.19. The molecule has 1 aliphatic carbocycles. The van der Waals surface area contributed by atoms with Gasteiger partial charge in [0.1, 0.15) is 0 Å². The number of esters is 1. The first-order chi connectivity index (χ1) is 14.5. The Morgan fingerprint density at radius 1 is 1.27 bits per heavy atom. The van der Waals surface area contributed by atoms with Crippen LogP contribution in [0.5, 0.6) is 0 Å². The lowest BCUT2D eigenvalue weighted by atomic mass is 10.1. The predicted molar refractivity (Wildman–Crippen MR) is 116 cm³/mol. The topological polar surface area (TPSA) is 73.2 Å². The van der Waals surface area contributed by atoms with Crippen molar-refractivity contribution in [2.75, 3.05) is 0 Å². The normalized spacial score (nSPS) is 14.6. The zero-order valence-electron chi connectivity index (χ0n) is 16.9. The lowest BCUT2D eigenvalue weighted by molar-refractivity contribution is -0.151. The first-order valence-electron chi connectivity index (χ1n) is 9.86. The Labute approximate surface area is 179 Å². The Balaban J connectivity index is 1.50. The minimum Gasteiger partial charge on any atom is -0.444 e. The molecule has 1 unspecified atom stereocenters. The van der Waals surface area contributed by atoms with Gasteiger partial charge in [0.25, 0.3) is 5.91 Å². The maximum absolute atomic E-state index is 12.6. The van der Waals surface area contributed by atoms with Crippen molar-refractivity contribution in [1.29, 1.82) is 0 Å². The number of amides is 1. The third kappa shape index (κ3) is 4.52. The first kappa shape index (κ1) is 20.1. The van der Waals surface area contributed by atoms with Crippen molar-refractivity contribution in [2.45, 2.75) is 38.8 Å². The van der Waals surface area contributed by atoms with Crippen LogP contribution in [0, 0.1) is 13.8 Å². The number of nitrogens with zero attached hydrogens (tertiary/aromatic N) is 2. The number of benzene rings is 1. The molecule has 3 aromatic rings. The number of carbonyl (C=O) groups excluding carboxylic acids is 2. The van der Waals surface area contributed by atoms with E-state index < -0.39 is 12.1 Å². The number of nitrogens with one attached hydrogen (secondary N) is 1. The monoisotopic (exact) mass is 421 g/mol. The lowest BCUT2D eigenvalue weighted by Gasteiger charge is -2.17. The maximum atomic E-state index is 12.6. The van der Waals surface area contributed by atoms with E-state index >= 15 is 0 Å². The fraction of sp³-hybridized carbons (Fsp3) is 0.261. The van der Waals surface area contributed by atoms with E-state index in [4.69, 9.17) is 4.74 Å². The summed E-state index contributed by atoms with van der Waals surface area (Å²) >= 11 is 1.55. The van der Waals surface area contributed by atoms with E-state index in [1.165, 1.54) is 6.08 Å². The molecule has 0 spiro atoms. The molecule has 1 N–H and O–H groups in total. The van der Waals surface area contributed by atoms with E-state index in [1.807, 2.05) is 48.1 Å². The van der Waals surface area contributed by atoms with Crippen molar-refractivity contribution in [2.24, 2.45) is 0 Å². The summed E-state index contributed by atoms with van der Waals surface area (Å²) in [6.45, 7) is 3.98. The van der Waals surface area contributed by atoms with Crippen LogP contribution in [0.25, 0.3) is 11.2 Å². The molecule has 0 radical (unpaired) electrons. The number of hydrogen-bond acceptors (Lipinski definition) is 5. The Bertz CT molecular complexity index is 1070. The second-order valence-electron chi connectivity index (χ2n) is 7.32. The molecule has 154 valence electrons. The molecule has 1 atom stereocenters. The molecule has 1 amide bonds. The van der Waals surface area contributed by atoms with Crippen molar-refractivity contribution in [3.63, 3.8) is 0 Å². The summed E-state index contributed by atoms with van der Waals surface area (Å²) < 4.78 is 7.59. The van der Waals surface area contributed by atoms with Crippen LogP contribution in [-0.4, -0.2) is 27.5 Å². The van der Waals surface area contributed by atoms with E-state index in [0.29, 0.717) is 5.56 Å². The molecule has 4 rings (SSSR count). The van der Waals surface area contributed by atoms with E-state index in [-0.39, 0.29) is 11.9 Å². The van der Waals surface area contributed by atoms with E-state index in [0.717, 1.165) is 34.9 Å². The average Bonchev–Trinajstić information content (AvgIpc) is 3.29. The Kier molecular flexibility index (Phi) is 5.81. The maximum Gasteiger partial charge on any atom is 0.331 e.